The summed E-state index contributed by atoms with van der Waals surface area (Å²) in [5.41, 5.74) is 0.370. The summed E-state index contributed by atoms with van der Waals surface area (Å²) < 4.78 is 6.87. The summed E-state index contributed by atoms with van der Waals surface area (Å²) in [4.78, 5) is 13.5. The number of aliphatic hydroxyl groups is 2. The third-order valence-corrected chi connectivity index (χ3v) is 2.80. The van der Waals surface area contributed by atoms with Gasteiger partial charge in [0.05, 0.1) is 32.1 Å². The summed E-state index contributed by atoms with van der Waals surface area (Å²) in [6.07, 6.45) is 0. The highest BCUT2D eigenvalue weighted by molar-refractivity contribution is 5.30. The number of aliphatic hydroxyl groups excluding tert-OH is 2. The fourth-order valence-electron chi connectivity index (χ4n) is 1.93. The first-order valence-corrected chi connectivity index (χ1v) is 6.40. The van der Waals surface area contributed by atoms with Crippen molar-refractivity contribution in [2.75, 3.05) is 33.9 Å². The smallest absolute Gasteiger partial charge is 0.223 e. The summed E-state index contributed by atoms with van der Waals surface area (Å²) in [7, 11) is 3.64. The van der Waals surface area contributed by atoms with Crippen molar-refractivity contribution in [3.8, 4) is 5.75 Å². The minimum Gasteiger partial charge on any atom is -0.503 e. The molecule has 7 nitrogen and oxygen atoms in total. The van der Waals surface area contributed by atoms with Gasteiger partial charge in [0.1, 0.15) is 0 Å². The number of ether oxygens (including phenoxy) is 1. The minimum absolute atomic E-state index is 0.0627. The molecular formula is C13H22N2O5. The molecule has 3 N–H and O–H groups in total. The van der Waals surface area contributed by atoms with Gasteiger partial charge in [0.25, 0.3) is 0 Å². The normalized spacial score (nSPS) is 11.2. The summed E-state index contributed by atoms with van der Waals surface area (Å²) in [5.74, 6) is -0.307. The number of hydrogen-bond donors (Lipinski definition) is 3. The van der Waals surface area contributed by atoms with E-state index in [1.165, 1.54) is 6.07 Å². The van der Waals surface area contributed by atoms with E-state index >= 15 is 0 Å². The molecule has 0 bridgehead atoms. The Morgan fingerprint density at radius 1 is 1.30 bits per heavy atom. The SMILES string of the molecule is CN(C)Cc1c(O)c(=O)cc(CO)n1CCOCCO. The minimum atomic E-state index is -0.501. The fourth-order valence-corrected chi connectivity index (χ4v) is 1.93. The molecule has 0 spiro atoms. The number of pyridine rings is 1. The summed E-state index contributed by atoms with van der Waals surface area (Å²) in [6, 6.07) is 1.22. The first-order chi connectivity index (χ1) is 9.51. The highest BCUT2D eigenvalue weighted by atomic mass is 16.5. The fraction of sp³-hybridized carbons (Fsp3) is 0.615. The van der Waals surface area contributed by atoms with Crippen LogP contribution in [-0.2, 0) is 24.4 Å². The molecule has 0 saturated carbocycles. The van der Waals surface area contributed by atoms with Gasteiger partial charge in [0.2, 0.25) is 5.43 Å². The zero-order valence-corrected chi connectivity index (χ0v) is 11.9. The maximum absolute atomic E-state index is 11.7. The van der Waals surface area contributed by atoms with Gasteiger partial charge in [-0.05, 0) is 14.1 Å². The van der Waals surface area contributed by atoms with E-state index < -0.39 is 5.43 Å². The van der Waals surface area contributed by atoms with E-state index in [2.05, 4.69) is 0 Å². The van der Waals surface area contributed by atoms with Crippen molar-refractivity contribution in [1.29, 1.82) is 0 Å². The van der Waals surface area contributed by atoms with Crippen molar-refractivity contribution >= 4 is 0 Å². The molecule has 1 aromatic rings. The Kier molecular flexibility index (Phi) is 6.66. The lowest BCUT2D eigenvalue weighted by Gasteiger charge is -2.21. The highest BCUT2D eigenvalue weighted by Crippen LogP contribution is 2.16. The van der Waals surface area contributed by atoms with Crippen LogP contribution in [-0.4, -0.2) is 58.7 Å². The molecule has 0 aliphatic rings. The van der Waals surface area contributed by atoms with Crippen LogP contribution in [0.4, 0.5) is 0 Å². The van der Waals surface area contributed by atoms with Crippen LogP contribution in [0.1, 0.15) is 11.4 Å². The van der Waals surface area contributed by atoms with E-state index in [0.29, 0.717) is 31.1 Å². The van der Waals surface area contributed by atoms with Gasteiger partial charge < -0.3 is 29.5 Å². The Morgan fingerprint density at radius 2 is 2.00 bits per heavy atom. The predicted molar refractivity (Wildman–Crippen MR) is 73.6 cm³/mol. The van der Waals surface area contributed by atoms with Gasteiger partial charge >= 0.3 is 0 Å². The van der Waals surface area contributed by atoms with Crippen molar-refractivity contribution < 1.29 is 20.1 Å². The average molecular weight is 286 g/mol. The summed E-state index contributed by atoms with van der Waals surface area (Å²) >= 11 is 0. The molecule has 0 radical (unpaired) electrons. The van der Waals surface area contributed by atoms with Crippen LogP contribution in [0.25, 0.3) is 0 Å². The van der Waals surface area contributed by atoms with Crippen LogP contribution in [0.5, 0.6) is 5.75 Å². The number of hydrogen-bond acceptors (Lipinski definition) is 6. The van der Waals surface area contributed by atoms with Crippen LogP contribution in [0.2, 0.25) is 0 Å². The van der Waals surface area contributed by atoms with Crippen LogP contribution < -0.4 is 5.43 Å². The largest absolute Gasteiger partial charge is 0.503 e. The molecule has 0 atom stereocenters. The van der Waals surface area contributed by atoms with Gasteiger partial charge in [0.15, 0.2) is 5.75 Å². The third-order valence-electron chi connectivity index (χ3n) is 2.80. The molecular weight excluding hydrogens is 264 g/mol. The second-order valence-electron chi connectivity index (χ2n) is 4.68. The van der Waals surface area contributed by atoms with Crippen LogP contribution >= 0.6 is 0 Å². The van der Waals surface area contributed by atoms with Crippen molar-refractivity contribution in [2.24, 2.45) is 0 Å². The molecule has 0 fully saturated rings. The Labute approximate surface area is 117 Å². The first kappa shape index (κ1) is 16.6. The third kappa shape index (κ3) is 4.31. The van der Waals surface area contributed by atoms with E-state index in [4.69, 9.17) is 9.84 Å². The van der Waals surface area contributed by atoms with Gasteiger partial charge in [0, 0.05) is 24.8 Å². The Balaban J connectivity index is 3.08. The summed E-state index contributed by atoms with van der Waals surface area (Å²) in [5, 5.41) is 27.9. The van der Waals surface area contributed by atoms with Crippen molar-refractivity contribution in [2.45, 2.75) is 19.7 Å². The summed E-state index contributed by atoms with van der Waals surface area (Å²) in [6.45, 7) is 0.935. The molecule has 0 aliphatic carbocycles. The van der Waals surface area contributed by atoms with Crippen LogP contribution in [0.3, 0.4) is 0 Å². The Hall–Kier alpha value is -1.41. The monoisotopic (exact) mass is 286 g/mol. The second kappa shape index (κ2) is 8.01. The van der Waals surface area contributed by atoms with Gasteiger partial charge in [-0.2, -0.15) is 0 Å². The quantitative estimate of drug-likeness (QED) is 0.537. The molecule has 20 heavy (non-hydrogen) atoms. The average Bonchev–Trinajstić information content (AvgIpc) is 2.41. The van der Waals surface area contributed by atoms with Gasteiger partial charge in [-0.25, -0.2) is 0 Å². The first-order valence-electron chi connectivity index (χ1n) is 6.40. The lowest BCUT2D eigenvalue weighted by atomic mass is 10.2. The lowest BCUT2D eigenvalue weighted by Crippen LogP contribution is -2.24. The topological polar surface area (TPSA) is 95.2 Å². The highest BCUT2D eigenvalue weighted by Gasteiger charge is 2.15. The van der Waals surface area contributed by atoms with Crippen LogP contribution in [0, 0.1) is 0 Å². The van der Waals surface area contributed by atoms with Crippen molar-refractivity contribution in [3.63, 3.8) is 0 Å². The van der Waals surface area contributed by atoms with Crippen LogP contribution in [0.15, 0.2) is 10.9 Å². The molecule has 0 aromatic carbocycles. The molecule has 0 aliphatic heterocycles. The molecule has 1 rings (SSSR count). The van der Waals surface area contributed by atoms with Gasteiger partial charge in [-0.1, -0.05) is 0 Å². The molecule has 1 aromatic heterocycles. The van der Waals surface area contributed by atoms with Gasteiger partial charge in [-0.15, -0.1) is 0 Å². The van der Waals surface area contributed by atoms with E-state index in [-0.39, 0.29) is 25.6 Å². The zero-order chi connectivity index (χ0) is 15.1. The molecule has 0 unspecified atom stereocenters. The molecule has 7 heteroatoms. The molecule has 1 heterocycles. The van der Waals surface area contributed by atoms with Gasteiger partial charge in [-0.3, -0.25) is 4.79 Å². The molecule has 0 saturated heterocycles. The number of nitrogens with zero attached hydrogens (tertiary/aromatic N) is 2. The number of aromatic nitrogens is 1. The van der Waals surface area contributed by atoms with E-state index in [9.17, 15) is 15.0 Å². The maximum atomic E-state index is 11.7. The number of aromatic hydroxyl groups is 1. The Bertz CT molecular complexity index is 484. The molecule has 0 amide bonds. The van der Waals surface area contributed by atoms with E-state index in [1.807, 2.05) is 19.0 Å². The van der Waals surface area contributed by atoms with Crippen molar-refractivity contribution in [3.05, 3.63) is 27.7 Å². The van der Waals surface area contributed by atoms with Crippen molar-refractivity contribution in [1.82, 2.24) is 9.47 Å². The Morgan fingerprint density at radius 3 is 2.55 bits per heavy atom. The zero-order valence-electron chi connectivity index (χ0n) is 11.9. The van der Waals surface area contributed by atoms with E-state index in [0.717, 1.165) is 0 Å². The molecule has 114 valence electrons. The standard InChI is InChI=1S/C13H22N2O5/c1-14(2)8-11-13(19)12(18)7-10(9-17)15(11)3-5-20-6-4-16/h7,16-17,19H,3-6,8-9H2,1-2H3. The van der Waals surface area contributed by atoms with E-state index in [1.54, 1.807) is 4.57 Å². The number of rotatable bonds is 8. The maximum Gasteiger partial charge on any atom is 0.223 e. The second-order valence-corrected chi connectivity index (χ2v) is 4.68. The lowest BCUT2D eigenvalue weighted by molar-refractivity contribution is 0.0851. The predicted octanol–water partition coefficient (Wildman–Crippen LogP) is -0.883.